The van der Waals surface area contributed by atoms with Gasteiger partial charge in [-0.05, 0) is 36.5 Å². The Kier molecular flexibility index (Phi) is 4.33. The number of hydrogen-bond acceptors (Lipinski definition) is 5. The van der Waals surface area contributed by atoms with Crippen molar-refractivity contribution in [3.8, 4) is 16.9 Å². The highest BCUT2D eigenvalue weighted by atomic mass is 32.2. The summed E-state index contributed by atoms with van der Waals surface area (Å²) in [7, 11) is -2.85. The smallest absolute Gasteiger partial charge is 0.417 e. The first-order valence-corrected chi connectivity index (χ1v) is 9.41. The predicted octanol–water partition coefficient (Wildman–Crippen LogP) is 2.28. The number of nitrogens with zero attached hydrogens (tertiary/aromatic N) is 2. The van der Waals surface area contributed by atoms with Crippen molar-refractivity contribution in [1.82, 2.24) is 9.78 Å². The van der Waals surface area contributed by atoms with Crippen molar-refractivity contribution in [3.05, 3.63) is 39.8 Å². The Bertz CT molecular complexity index is 1040. The molecule has 1 aromatic carbocycles. The van der Waals surface area contributed by atoms with Crippen LogP contribution in [0.1, 0.15) is 24.0 Å². The van der Waals surface area contributed by atoms with Gasteiger partial charge in [0.1, 0.15) is 0 Å². The molecule has 1 aromatic heterocycles. The summed E-state index contributed by atoms with van der Waals surface area (Å²) in [6.07, 6.45) is -3.01. The summed E-state index contributed by atoms with van der Waals surface area (Å²) in [5.74, 6) is -1.07. The molecule has 0 unspecified atom stereocenters. The van der Waals surface area contributed by atoms with Crippen molar-refractivity contribution in [2.75, 3.05) is 5.75 Å². The van der Waals surface area contributed by atoms with Gasteiger partial charge in [-0.3, -0.25) is 4.79 Å². The number of hydrogen-bond donors (Lipinski definition) is 1. The zero-order chi connectivity index (χ0) is 19.3. The zero-order valence-electron chi connectivity index (χ0n) is 13.7. The Balaban J connectivity index is 2.41. The molecule has 0 atom stereocenters. The van der Waals surface area contributed by atoms with Crippen molar-refractivity contribution in [3.63, 3.8) is 0 Å². The lowest BCUT2D eigenvalue weighted by molar-refractivity contribution is -0.139. The lowest BCUT2D eigenvalue weighted by Gasteiger charge is -2.19. The molecule has 0 saturated carbocycles. The standard InChI is InChI=1S/C16H15F3N2O4S/c1-21-15(23)13(22)11(8-20-21)9-5-6-12(16(17,18)19)14-10(9)4-2-3-7-26(14,24)25/h5-6,8,22H,2-4,7H2,1H3. The van der Waals surface area contributed by atoms with Gasteiger partial charge < -0.3 is 5.11 Å². The number of halogens is 3. The van der Waals surface area contributed by atoms with Crippen LogP contribution in [0.3, 0.4) is 0 Å². The van der Waals surface area contributed by atoms with Crippen molar-refractivity contribution in [2.45, 2.75) is 30.3 Å². The molecule has 0 radical (unpaired) electrons. The van der Waals surface area contributed by atoms with Gasteiger partial charge >= 0.3 is 11.7 Å². The van der Waals surface area contributed by atoms with Gasteiger partial charge in [-0.25, -0.2) is 13.1 Å². The minimum absolute atomic E-state index is 0.0392. The normalized spacial score (nSPS) is 16.8. The quantitative estimate of drug-likeness (QED) is 0.810. The van der Waals surface area contributed by atoms with E-state index in [4.69, 9.17) is 0 Å². The van der Waals surface area contributed by atoms with E-state index >= 15 is 0 Å². The molecular formula is C16H15F3N2O4S. The molecule has 1 aliphatic rings. The molecule has 2 heterocycles. The van der Waals surface area contributed by atoms with E-state index in [0.717, 1.165) is 16.9 Å². The molecule has 26 heavy (non-hydrogen) atoms. The van der Waals surface area contributed by atoms with Gasteiger partial charge in [0.25, 0.3) is 0 Å². The fourth-order valence-corrected chi connectivity index (χ4v) is 5.02. The number of aromatic hydroxyl groups is 1. The Morgan fingerprint density at radius 3 is 2.54 bits per heavy atom. The van der Waals surface area contributed by atoms with Crippen LogP contribution in [0.2, 0.25) is 0 Å². The van der Waals surface area contributed by atoms with E-state index in [1.54, 1.807) is 0 Å². The second-order valence-corrected chi connectivity index (χ2v) is 8.12. The van der Waals surface area contributed by atoms with E-state index in [0.29, 0.717) is 12.5 Å². The van der Waals surface area contributed by atoms with Crippen LogP contribution in [0, 0.1) is 0 Å². The van der Waals surface area contributed by atoms with E-state index in [9.17, 15) is 31.5 Å². The van der Waals surface area contributed by atoms with Gasteiger partial charge in [0.2, 0.25) is 0 Å². The Morgan fingerprint density at radius 2 is 1.88 bits per heavy atom. The summed E-state index contributed by atoms with van der Waals surface area (Å²) in [4.78, 5) is 11.1. The molecule has 0 spiro atoms. The highest BCUT2D eigenvalue weighted by molar-refractivity contribution is 7.91. The lowest BCUT2D eigenvalue weighted by atomic mass is 9.94. The van der Waals surface area contributed by atoms with Crippen LogP contribution in [-0.4, -0.2) is 29.1 Å². The molecule has 0 aliphatic carbocycles. The monoisotopic (exact) mass is 388 g/mol. The van der Waals surface area contributed by atoms with Crippen LogP contribution in [0.15, 0.2) is 28.0 Å². The van der Waals surface area contributed by atoms with Gasteiger partial charge in [0, 0.05) is 12.6 Å². The lowest BCUT2D eigenvalue weighted by Crippen LogP contribution is -2.20. The Hall–Kier alpha value is -2.36. The Labute approximate surface area is 146 Å². The minimum Gasteiger partial charge on any atom is -0.503 e. The maximum Gasteiger partial charge on any atom is 0.417 e. The predicted molar refractivity (Wildman–Crippen MR) is 86.6 cm³/mol. The topological polar surface area (TPSA) is 89.3 Å². The molecule has 6 nitrogen and oxygen atoms in total. The van der Waals surface area contributed by atoms with E-state index in [2.05, 4.69) is 5.10 Å². The maximum absolute atomic E-state index is 13.4. The summed E-state index contributed by atoms with van der Waals surface area (Å²) < 4.78 is 66.1. The van der Waals surface area contributed by atoms with Crippen LogP contribution < -0.4 is 5.56 Å². The SMILES string of the molecule is Cn1ncc(-c2ccc(C(F)(F)F)c3c2CCCCS3(=O)=O)c(O)c1=O. The van der Waals surface area contributed by atoms with E-state index < -0.39 is 37.8 Å². The minimum atomic E-state index is -4.84. The third-order valence-corrected chi connectivity index (χ3v) is 6.28. The van der Waals surface area contributed by atoms with E-state index in [1.807, 2.05) is 0 Å². The highest BCUT2D eigenvalue weighted by Crippen LogP contribution is 2.42. The van der Waals surface area contributed by atoms with Crippen molar-refractivity contribution < 1.29 is 26.7 Å². The average molecular weight is 388 g/mol. The molecule has 1 aliphatic heterocycles. The van der Waals surface area contributed by atoms with Crippen molar-refractivity contribution in [1.29, 1.82) is 0 Å². The molecular weight excluding hydrogens is 373 g/mol. The molecule has 0 bridgehead atoms. The van der Waals surface area contributed by atoms with Gasteiger partial charge in [0.05, 0.1) is 22.4 Å². The molecule has 0 saturated heterocycles. The summed E-state index contributed by atoms with van der Waals surface area (Å²) in [5.41, 5.74) is -2.11. The molecule has 2 aromatic rings. The molecule has 0 fully saturated rings. The third-order valence-electron chi connectivity index (χ3n) is 4.37. The highest BCUT2D eigenvalue weighted by Gasteiger charge is 2.40. The van der Waals surface area contributed by atoms with Gasteiger partial charge in [-0.15, -0.1) is 0 Å². The summed E-state index contributed by atoms with van der Waals surface area (Å²) >= 11 is 0. The second-order valence-electron chi connectivity index (χ2n) is 6.08. The number of aromatic nitrogens is 2. The van der Waals surface area contributed by atoms with E-state index in [1.165, 1.54) is 7.05 Å². The van der Waals surface area contributed by atoms with Crippen LogP contribution in [0.25, 0.3) is 11.1 Å². The molecule has 1 N–H and O–H groups in total. The fourth-order valence-electron chi connectivity index (χ4n) is 3.13. The maximum atomic E-state index is 13.4. The van der Waals surface area contributed by atoms with Crippen LogP contribution >= 0.6 is 0 Å². The van der Waals surface area contributed by atoms with Gasteiger partial charge in [-0.2, -0.15) is 18.3 Å². The fraction of sp³-hybridized carbons (Fsp3) is 0.375. The first-order valence-electron chi connectivity index (χ1n) is 7.75. The van der Waals surface area contributed by atoms with Crippen LogP contribution in [0.5, 0.6) is 5.75 Å². The number of rotatable bonds is 1. The summed E-state index contributed by atoms with van der Waals surface area (Å²) in [6, 6.07) is 1.76. The first-order chi connectivity index (χ1) is 12.0. The second kappa shape index (κ2) is 6.11. The number of alkyl halides is 3. The van der Waals surface area contributed by atoms with E-state index in [-0.39, 0.29) is 35.3 Å². The van der Waals surface area contributed by atoms with Gasteiger partial charge in [-0.1, -0.05) is 6.07 Å². The third kappa shape index (κ3) is 2.98. The Morgan fingerprint density at radius 1 is 1.19 bits per heavy atom. The number of benzene rings is 1. The summed E-state index contributed by atoms with van der Waals surface area (Å²) in [6.45, 7) is 0. The number of sulfone groups is 1. The number of fused-ring (bicyclic) bond motifs is 1. The van der Waals surface area contributed by atoms with Crippen molar-refractivity contribution in [2.24, 2.45) is 7.05 Å². The average Bonchev–Trinajstić information content (AvgIpc) is 2.70. The first kappa shape index (κ1) is 18.4. The van der Waals surface area contributed by atoms with Gasteiger partial charge in [0.15, 0.2) is 15.6 Å². The zero-order valence-corrected chi connectivity index (χ0v) is 14.5. The van der Waals surface area contributed by atoms with Crippen molar-refractivity contribution >= 4 is 9.84 Å². The molecule has 3 rings (SSSR count). The molecule has 140 valence electrons. The molecule has 0 amide bonds. The number of aryl methyl sites for hydroxylation is 1. The van der Waals surface area contributed by atoms with Crippen LogP contribution in [-0.2, 0) is 29.5 Å². The summed E-state index contributed by atoms with van der Waals surface area (Å²) in [5, 5.41) is 13.9. The largest absolute Gasteiger partial charge is 0.503 e. The molecule has 10 heteroatoms. The van der Waals surface area contributed by atoms with Crippen LogP contribution in [0.4, 0.5) is 13.2 Å².